The smallest absolute Gasteiger partial charge is 0.186 e. The third-order valence-corrected chi connectivity index (χ3v) is 23.0. The maximum atomic E-state index is 5.57. The molecule has 0 saturated carbocycles. The van der Waals surface area contributed by atoms with Crippen molar-refractivity contribution in [3.63, 3.8) is 0 Å². The lowest BCUT2D eigenvalue weighted by Gasteiger charge is -2.46. The summed E-state index contributed by atoms with van der Waals surface area (Å²) >= 11 is 0. The van der Waals surface area contributed by atoms with E-state index in [0.29, 0.717) is 5.92 Å². The quantitative estimate of drug-likeness (QED) is 0.118. The van der Waals surface area contributed by atoms with Gasteiger partial charge in [-0.2, -0.15) is 0 Å². The van der Waals surface area contributed by atoms with Gasteiger partial charge in [0.1, 0.15) is 0 Å². The third-order valence-electron chi connectivity index (χ3n) is 18.0. The van der Waals surface area contributed by atoms with Gasteiger partial charge in [0.25, 0.3) is 0 Å². The molecule has 5 heterocycles. The van der Waals surface area contributed by atoms with E-state index in [4.69, 9.17) is 9.97 Å². The zero-order chi connectivity index (χ0) is 54.9. The van der Waals surface area contributed by atoms with Crippen LogP contribution in [0.1, 0.15) is 25.3 Å². The van der Waals surface area contributed by atoms with Crippen LogP contribution in [0.4, 0.5) is 34.1 Å². The van der Waals surface area contributed by atoms with Crippen molar-refractivity contribution in [2.75, 3.05) is 9.80 Å². The van der Waals surface area contributed by atoms with Crippen LogP contribution < -0.4 is 30.5 Å². The van der Waals surface area contributed by atoms with E-state index in [1.807, 2.05) is 12.4 Å². The van der Waals surface area contributed by atoms with Crippen LogP contribution >= 0.6 is 0 Å². The highest BCUT2D eigenvalue weighted by Crippen LogP contribution is 2.51. The van der Waals surface area contributed by atoms with Gasteiger partial charge < -0.3 is 14.4 Å². The SMILES string of the molecule is CC(C)c1ccc2c3c(c4ncccc4c2c1)N(c1ccc(-n2c4ccccc4c4ccccc42)cc1)c1c(c2ccc(-c4cccc(N(c5ccccc5)c5ccccc5)c4)cc2c2cnccc12)[Si]31c2ccccc2-c2ccccc21. The fourth-order valence-corrected chi connectivity index (χ4v) is 20.5. The Bertz CT molecular complexity index is 5010. The summed E-state index contributed by atoms with van der Waals surface area (Å²) in [6, 6.07) is 97.3. The van der Waals surface area contributed by atoms with Crippen LogP contribution in [0.15, 0.2) is 279 Å². The summed E-state index contributed by atoms with van der Waals surface area (Å²) in [7, 11) is -3.41. The fourth-order valence-electron chi connectivity index (χ4n) is 14.5. The number of rotatable bonds is 7. The molecular formula is C77H53N5Si. The number of hydrogen-bond donors (Lipinski definition) is 0. The number of aromatic nitrogens is 3. The maximum Gasteiger partial charge on any atom is 0.186 e. The van der Waals surface area contributed by atoms with Gasteiger partial charge in [0.2, 0.25) is 0 Å². The number of nitrogens with zero attached hydrogens (tertiary/aromatic N) is 5. The molecule has 1 spiro atoms. The molecule has 83 heavy (non-hydrogen) atoms. The Morgan fingerprint density at radius 1 is 0.386 bits per heavy atom. The molecule has 390 valence electrons. The van der Waals surface area contributed by atoms with E-state index in [-0.39, 0.29) is 0 Å². The summed E-state index contributed by atoms with van der Waals surface area (Å²) in [6.07, 6.45) is 6.11. The normalized spacial score (nSPS) is 13.1. The summed E-state index contributed by atoms with van der Waals surface area (Å²) in [4.78, 5) is 15.5. The van der Waals surface area contributed by atoms with Crippen LogP contribution in [0.3, 0.4) is 0 Å². The second-order valence-electron chi connectivity index (χ2n) is 22.6. The van der Waals surface area contributed by atoms with E-state index in [1.54, 1.807) is 0 Å². The molecule has 0 bridgehead atoms. The highest BCUT2D eigenvalue weighted by atomic mass is 28.3. The number of fused-ring (bicyclic) bond motifs is 22. The minimum absolute atomic E-state index is 0.338. The predicted molar refractivity (Wildman–Crippen MR) is 351 cm³/mol. The Morgan fingerprint density at radius 2 is 0.952 bits per heavy atom. The van der Waals surface area contributed by atoms with Crippen molar-refractivity contribution in [2.24, 2.45) is 0 Å². The van der Waals surface area contributed by atoms with E-state index >= 15 is 0 Å². The molecule has 0 N–H and O–H groups in total. The van der Waals surface area contributed by atoms with Crippen LogP contribution in [0, 0.1) is 0 Å². The minimum atomic E-state index is -3.41. The zero-order valence-electron chi connectivity index (χ0n) is 45.9. The number of pyridine rings is 2. The molecule has 5 nitrogen and oxygen atoms in total. The van der Waals surface area contributed by atoms with Gasteiger partial charge in [-0.05, 0) is 167 Å². The van der Waals surface area contributed by atoms with Gasteiger partial charge in [-0.15, -0.1) is 0 Å². The van der Waals surface area contributed by atoms with Crippen LogP contribution in [0.2, 0.25) is 0 Å². The van der Waals surface area contributed by atoms with E-state index in [0.717, 1.165) is 66.9 Å². The van der Waals surface area contributed by atoms with E-state index in [1.165, 1.54) is 86.5 Å². The third kappa shape index (κ3) is 6.81. The Hall–Kier alpha value is -10.4. The van der Waals surface area contributed by atoms with Gasteiger partial charge in [-0.25, -0.2) is 0 Å². The molecule has 6 heteroatoms. The van der Waals surface area contributed by atoms with Gasteiger partial charge in [-0.3, -0.25) is 9.97 Å². The molecule has 0 amide bonds. The molecule has 3 aromatic heterocycles. The average Bonchev–Trinajstić information content (AvgIpc) is 1.75. The number of para-hydroxylation sites is 4. The second kappa shape index (κ2) is 18.3. The van der Waals surface area contributed by atoms with Crippen molar-refractivity contribution in [1.82, 2.24) is 14.5 Å². The largest absolute Gasteiger partial charge is 0.310 e. The highest BCUT2D eigenvalue weighted by molar-refractivity contribution is 7.25. The molecule has 0 radical (unpaired) electrons. The van der Waals surface area contributed by atoms with Crippen LogP contribution in [-0.4, -0.2) is 22.6 Å². The Kier molecular flexibility index (Phi) is 10.5. The summed E-state index contributed by atoms with van der Waals surface area (Å²) in [5, 5.41) is 16.4. The van der Waals surface area contributed by atoms with Crippen LogP contribution in [0.5, 0.6) is 0 Å². The van der Waals surface area contributed by atoms with Crippen molar-refractivity contribution in [3.05, 3.63) is 285 Å². The zero-order valence-corrected chi connectivity index (χ0v) is 46.9. The molecule has 15 aromatic rings. The summed E-state index contributed by atoms with van der Waals surface area (Å²) in [5.41, 5.74) is 17.4. The van der Waals surface area contributed by atoms with Crippen molar-refractivity contribution in [1.29, 1.82) is 0 Å². The standard InChI is InChI=1S/C77H53N5Si/c1-49(2)50-34-40-64-66(46-50)62-29-18-43-79-73(62)75-77(64)83(71-32-15-11-27-60(71)61-28-12-16-33-72(61)83)76-65-41-35-52(51-19-17-24-57(45-51)80(53-20-5-3-6-21-53)54-22-7-4-8-23-54)47-67(65)68-48-78-44-42-63(68)74(76)82(75)56-38-36-55(37-39-56)81-69-30-13-9-25-58(69)59-26-10-14-31-70(59)81/h3-49H,1-2H3. The average molecular weight is 1080 g/mol. The van der Waals surface area contributed by atoms with Gasteiger partial charge >= 0.3 is 0 Å². The lowest BCUT2D eigenvalue weighted by molar-refractivity contribution is 0.869. The fraction of sp³-hybridized carbons (Fsp3) is 0.0390. The second-order valence-corrected chi connectivity index (χ2v) is 26.2. The monoisotopic (exact) mass is 1080 g/mol. The van der Waals surface area contributed by atoms with E-state index in [9.17, 15) is 0 Å². The lowest BCUT2D eigenvalue weighted by Crippen LogP contribution is -2.75. The van der Waals surface area contributed by atoms with Crippen molar-refractivity contribution >= 4 is 128 Å². The van der Waals surface area contributed by atoms with Gasteiger partial charge in [0.15, 0.2) is 8.07 Å². The molecular weight excluding hydrogens is 1020 g/mol. The molecule has 0 saturated heterocycles. The molecule has 0 fully saturated rings. The summed E-state index contributed by atoms with van der Waals surface area (Å²) in [6.45, 7) is 4.61. The number of benzene rings is 12. The van der Waals surface area contributed by atoms with Crippen LogP contribution in [0.25, 0.3) is 93.0 Å². The Labute approximate surface area is 482 Å². The Morgan fingerprint density at radius 3 is 1.64 bits per heavy atom. The van der Waals surface area contributed by atoms with Crippen molar-refractivity contribution < 1.29 is 0 Å². The lowest BCUT2D eigenvalue weighted by atomic mass is 9.94. The molecule has 17 rings (SSSR count). The first-order valence-electron chi connectivity index (χ1n) is 28.8. The van der Waals surface area contributed by atoms with Crippen molar-refractivity contribution in [2.45, 2.75) is 19.8 Å². The molecule has 0 unspecified atom stereocenters. The van der Waals surface area contributed by atoms with E-state index in [2.05, 4.69) is 295 Å². The molecule has 0 aliphatic carbocycles. The van der Waals surface area contributed by atoms with Crippen LogP contribution in [-0.2, 0) is 0 Å². The molecule has 0 atom stereocenters. The first kappa shape index (κ1) is 47.4. The van der Waals surface area contributed by atoms with Gasteiger partial charge in [0, 0.05) is 74.0 Å². The molecule has 2 aliphatic heterocycles. The summed E-state index contributed by atoms with van der Waals surface area (Å²) < 4.78 is 2.42. The number of anilines is 6. The van der Waals surface area contributed by atoms with Gasteiger partial charge in [0.05, 0.1) is 27.9 Å². The Balaban J connectivity index is 1.00. The summed E-state index contributed by atoms with van der Waals surface area (Å²) in [5.74, 6) is 0.338. The highest BCUT2D eigenvalue weighted by Gasteiger charge is 2.56. The van der Waals surface area contributed by atoms with Crippen molar-refractivity contribution in [3.8, 4) is 27.9 Å². The predicted octanol–water partition coefficient (Wildman–Crippen LogP) is 17.6. The topological polar surface area (TPSA) is 37.2 Å². The van der Waals surface area contributed by atoms with Gasteiger partial charge in [-0.1, -0.05) is 184 Å². The van der Waals surface area contributed by atoms with E-state index < -0.39 is 8.07 Å². The minimum Gasteiger partial charge on any atom is -0.310 e. The molecule has 12 aromatic carbocycles. The first-order chi connectivity index (χ1) is 41.0. The maximum absolute atomic E-state index is 5.57. The number of hydrogen-bond acceptors (Lipinski definition) is 4. The first-order valence-corrected chi connectivity index (χ1v) is 30.8. The molecule has 2 aliphatic rings.